The van der Waals surface area contributed by atoms with E-state index in [0.29, 0.717) is 11.6 Å². The summed E-state index contributed by atoms with van der Waals surface area (Å²) in [4.78, 5) is 16.2. The molecule has 1 atom stereocenters. The lowest BCUT2D eigenvalue weighted by atomic mass is 10.1. The molecule has 0 bridgehead atoms. The van der Waals surface area contributed by atoms with E-state index in [2.05, 4.69) is 30.6 Å². The molecule has 0 aromatic carbocycles. The highest BCUT2D eigenvalue weighted by Crippen LogP contribution is 2.25. The SMILES string of the molecule is CCNc1nc(NCC2CCSC2)c2[nH]cnc2n1. The van der Waals surface area contributed by atoms with Crippen molar-refractivity contribution in [2.24, 2.45) is 5.92 Å². The molecule has 19 heavy (non-hydrogen) atoms. The lowest BCUT2D eigenvalue weighted by molar-refractivity contribution is 0.631. The number of aromatic amines is 1. The van der Waals surface area contributed by atoms with Crippen LogP contribution < -0.4 is 10.6 Å². The molecule has 0 aliphatic carbocycles. The van der Waals surface area contributed by atoms with Crippen LogP contribution in [-0.2, 0) is 0 Å². The van der Waals surface area contributed by atoms with Crippen LogP contribution >= 0.6 is 11.8 Å². The van der Waals surface area contributed by atoms with Gasteiger partial charge in [0.1, 0.15) is 5.52 Å². The van der Waals surface area contributed by atoms with E-state index < -0.39 is 0 Å². The second-order valence-corrected chi connectivity index (χ2v) is 5.79. The molecule has 1 saturated heterocycles. The molecular formula is C12H18N6S. The van der Waals surface area contributed by atoms with E-state index in [4.69, 9.17) is 0 Å². The summed E-state index contributed by atoms with van der Waals surface area (Å²) in [7, 11) is 0. The fourth-order valence-electron chi connectivity index (χ4n) is 2.18. The van der Waals surface area contributed by atoms with Crippen LogP contribution in [0.4, 0.5) is 11.8 Å². The summed E-state index contributed by atoms with van der Waals surface area (Å²) in [6.07, 6.45) is 2.95. The molecule has 0 radical (unpaired) electrons. The van der Waals surface area contributed by atoms with Gasteiger partial charge in [-0.05, 0) is 30.8 Å². The molecule has 3 rings (SSSR count). The Balaban J connectivity index is 1.80. The number of fused-ring (bicyclic) bond motifs is 1. The van der Waals surface area contributed by atoms with Gasteiger partial charge in [0.15, 0.2) is 11.5 Å². The third kappa shape index (κ3) is 2.75. The zero-order chi connectivity index (χ0) is 13.1. The summed E-state index contributed by atoms with van der Waals surface area (Å²) in [6, 6.07) is 0. The highest BCUT2D eigenvalue weighted by Gasteiger charge is 2.16. The van der Waals surface area contributed by atoms with Gasteiger partial charge in [-0.1, -0.05) is 0 Å². The molecule has 1 aliphatic rings. The first-order chi connectivity index (χ1) is 9.36. The molecule has 3 N–H and O–H groups in total. The molecule has 0 saturated carbocycles. The molecule has 1 aliphatic heterocycles. The highest BCUT2D eigenvalue weighted by molar-refractivity contribution is 7.99. The van der Waals surface area contributed by atoms with Crippen LogP contribution in [0.2, 0.25) is 0 Å². The minimum atomic E-state index is 0.630. The number of hydrogen-bond donors (Lipinski definition) is 3. The van der Waals surface area contributed by atoms with Gasteiger partial charge in [0.05, 0.1) is 6.33 Å². The van der Waals surface area contributed by atoms with Gasteiger partial charge in [-0.2, -0.15) is 21.7 Å². The summed E-state index contributed by atoms with van der Waals surface area (Å²) < 4.78 is 0. The summed E-state index contributed by atoms with van der Waals surface area (Å²) >= 11 is 2.03. The number of aromatic nitrogens is 4. The van der Waals surface area contributed by atoms with Gasteiger partial charge in [-0.15, -0.1) is 0 Å². The Bertz CT molecular complexity index is 548. The number of nitrogens with zero attached hydrogens (tertiary/aromatic N) is 3. The summed E-state index contributed by atoms with van der Waals surface area (Å²) in [5.74, 6) is 4.73. The molecule has 2 aromatic rings. The predicted molar refractivity (Wildman–Crippen MR) is 79.8 cm³/mol. The number of imidazole rings is 1. The van der Waals surface area contributed by atoms with E-state index >= 15 is 0 Å². The predicted octanol–water partition coefficient (Wildman–Crippen LogP) is 1.95. The van der Waals surface area contributed by atoms with Crippen molar-refractivity contribution in [3.8, 4) is 0 Å². The quantitative estimate of drug-likeness (QED) is 0.776. The van der Waals surface area contributed by atoms with Gasteiger partial charge in [0.25, 0.3) is 0 Å². The summed E-state index contributed by atoms with van der Waals surface area (Å²) in [5.41, 5.74) is 1.58. The molecular weight excluding hydrogens is 260 g/mol. The topological polar surface area (TPSA) is 78.5 Å². The van der Waals surface area contributed by atoms with Crippen molar-refractivity contribution in [3.05, 3.63) is 6.33 Å². The standard InChI is InChI=1S/C12H18N6S/c1-2-13-12-17-10(9-11(18-12)16-7-15-9)14-5-8-3-4-19-6-8/h7-8H,2-6H2,1H3,(H3,13,14,15,16,17,18). The zero-order valence-electron chi connectivity index (χ0n) is 10.9. The first kappa shape index (κ1) is 12.5. The van der Waals surface area contributed by atoms with E-state index in [1.54, 1.807) is 6.33 Å². The fourth-order valence-corrected chi connectivity index (χ4v) is 3.47. The van der Waals surface area contributed by atoms with E-state index in [-0.39, 0.29) is 0 Å². The maximum Gasteiger partial charge on any atom is 0.226 e. The lowest BCUT2D eigenvalue weighted by Crippen LogP contribution is -2.15. The van der Waals surface area contributed by atoms with Gasteiger partial charge in [0.2, 0.25) is 5.95 Å². The largest absolute Gasteiger partial charge is 0.368 e. The van der Waals surface area contributed by atoms with Gasteiger partial charge < -0.3 is 15.6 Å². The minimum absolute atomic E-state index is 0.630. The average molecular weight is 278 g/mol. The number of rotatable bonds is 5. The molecule has 3 heterocycles. The van der Waals surface area contributed by atoms with Gasteiger partial charge in [-0.25, -0.2) is 4.98 Å². The third-order valence-electron chi connectivity index (χ3n) is 3.20. The average Bonchev–Trinajstić information content (AvgIpc) is 3.07. The second kappa shape index (κ2) is 5.64. The fraction of sp³-hybridized carbons (Fsp3) is 0.583. The van der Waals surface area contributed by atoms with Crippen LogP contribution in [0.15, 0.2) is 6.33 Å². The Hall–Kier alpha value is -1.50. The normalized spacial score (nSPS) is 18.9. The Morgan fingerprint density at radius 2 is 2.37 bits per heavy atom. The smallest absolute Gasteiger partial charge is 0.226 e. The van der Waals surface area contributed by atoms with Crippen LogP contribution in [0.5, 0.6) is 0 Å². The third-order valence-corrected chi connectivity index (χ3v) is 4.43. The van der Waals surface area contributed by atoms with Gasteiger partial charge >= 0.3 is 0 Å². The zero-order valence-corrected chi connectivity index (χ0v) is 11.8. The molecule has 0 spiro atoms. The maximum absolute atomic E-state index is 4.51. The molecule has 1 unspecified atom stereocenters. The van der Waals surface area contributed by atoms with Crippen LogP contribution in [0.1, 0.15) is 13.3 Å². The minimum Gasteiger partial charge on any atom is -0.368 e. The Labute approximate surface area is 116 Å². The van der Waals surface area contributed by atoms with Crippen molar-refractivity contribution in [1.82, 2.24) is 19.9 Å². The van der Waals surface area contributed by atoms with E-state index in [9.17, 15) is 0 Å². The highest BCUT2D eigenvalue weighted by atomic mass is 32.2. The Kier molecular flexibility index (Phi) is 3.72. The monoisotopic (exact) mass is 278 g/mol. The van der Waals surface area contributed by atoms with Crippen molar-refractivity contribution in [1.29, 1.82) is 0 Å². The first-order valence-electron chi connectivity index (χ1n) is 6.63. The maximum atomic E-state index is 4.51. The Morgan fingerprint density at radius 3 is 3.16 bits per heavy atom. The molecule has 1 fully saturated rings. The van der Waals surface area contributed by atoms with E-state index in [1.165, 1.54) is 17.9 Å². The number of anilines is 2. The van der Waals surface area contributed by atoms with Crippen molar-refractivity contribution in [3.63, 3.8) is 0 Å². The first-order valence-corrected chi connectivity index (χ1v) is 7.79. The van der Waals surface area contributed by atoms with Crippen LogP contribution in [0, 0.1) is 5.92 Å². The molecule has 0 amide bonds. The van der Waals surface area contributed by atoms with Crippen LogP contribution in [0.25, 0.3) is 11.2 Å². The number of thioether (sulfide) groups is 1. The van der Waals surface area contributed by atoms with Crippen molar-refractivity contribution in [2.45, 2.75) is 13.3 Å². The van der Waals surface area contributed by atoms with Gasteiger partial charge in [0, 0.05) is 13.1 Å². The number of nitrogens with one attached hydrogen (secondary N) is 3. The van der Waals surface area contributed by atoms with Crippen LogP contribution in [0.3, 0.4) is 0 Å². The van der Waals surface area contributed by atoms with E-state index in [0.717, 1.165) is 30.3 Å². The second-order valence-electron chi connectivity index (χ2n) is 4.64. The van der Waals surface area contributed by atoms with Crippen molar-refractivity contribution in [2.75, 3.05) is 35.2 Å². The van der Waals surface area contributed by atoms with Crippen molar-refractivity contribution < 1.29 is 0 Å². The molecule has 6 nitrogen and oxygen atoms in total. The van der Waals surface area contributed by atoms with Crippen molar-refractivity contribution >= 4 is 34.7 Å². The summed E-state index contributed by atoms with van der Waals surface area (Å²) in [6.45, 7) is 3.79. The molecule has 102 valence electrons. The summed E-state index contributed by atoms with van der Waals surface area (Å²) in [5, 5.41) is 6.58. The number of H-pyrrole nitrogens is 1. The van der Waals surface area contributed by atoms with Gasteiger partial charge in [-0.3, -0.25) is 0 Å². The van der Waals surface area contributed by atoms with Crippen LogP contribution in [-0.4, -0.2) is 44.5 Å². The molecule has 2 aromatic heterocycles. The lowest BCUT2D eigenvalue weighted by Gasteiger charge is -2.12. The Morgan fingerprint density at radius 1 is 1.42 bits per heavy atom. The molecule has 7 heteroatoms. The van der Waals surface area contributed by atoms with E-state index in [1.807, 2.05) is 18.7 Å². The number of hydrogen-bond acceptors (Lipinski definition) is 6.